The van der Waals surface area contributed by atoms with Gasteiger partial charge in [0.05, 0.1) is 17.6 Å². The highest BCUT2D eigenvalue weighted by molar-refractivity contribution is 7.32. The molecule has 1 saturated carbocycles. The zero-order valence-electron chi connectivity index (χ0n) is 43.4. The molecule has 4 atom stereocenters. The largest absolute Gasteiger partial charge is 0.461 e. The van der Waals surface area contributed by atoms with Crippen LogP contribution in [-0.2, 0) is 10.8 Å². The maximum absolute atomic E-state index is 6.85. The van der Waals surface area contributed by atoms with E-state index in [1.54, 1.807) is 11.0 Å². The van der Waals surface area contributed by atoms with Crippen LogP contribution in [-0.4, -0.2) is 12.8 Å². The second-order valence-electron chi connectivity index (χ2n) is 26.0. The average molecular weight is 907 g/mol. The van der Waals surface area contributed by atoms with Gasteiger partial charge in [-0.2, -0.15) is 0 Å². The second kappa shape index (κ2) is 15.0. The fourth-order valence-corrected chi connectivity index (χ4v) is 14.6. The van der Waals surface area contributed by atoms with Crippen molar-refractivity contribution < 1.29 is 4.74 Å². The van der Waals surface area contributed by atoms with E-state index in [1.165, 1.54) is 102 Å². The Morgan fingerprint density at radius 3 is 2.39 bits per heavy atom. The number of allylic oxidation sites excluding steroid dienone is 9. The molecule has 348 valence electrons. The molecule has 3 nitrogen and oxygen atoms in total. The third kappa shape index (κ3) is 7.08. The van der Waals surface area contributed by atoms with Crippen molar-refractivity contribution in [1.29, 1.82) is 0 Å². The van der Waals surface area contributed by atoms with Crippen molar-refractivity contribution in [2.24, 2.45) is 22.2 Å². The smallest absolute Gasteiger partial charge is 0.259 e. The van der Waals surface area contributed by atoms with Crippen LogP contribution in [0.3, 0.4) is 0 Å². The summed E-state index contributed by atoms with van der Waals surface area (Å²) >= 11 is 2.06. The van der Waals surface area contributed by atoms with E-state index in [9.17, 15) is 0 Å². The van der Waals surface area contributed by atoms with Gasteiger partial charge in [0.2, 0.25) is 0 Å². The van der Waals surface area contributed by atoms with E-state index >= 15 is 0 Å². The predicted octanol–water partition coefficient (Wildman–Crippen LogP) is 16.8. The molecule has 4 unspecified atom stereocenters. The third-order valence-electron chi connectivity index (χ3n) is 17.7. The van der Waals surface area contributed by atoms with Gasteiger partial charge in [0.1, 0.15) is 11.5 Å². The summed E-state index contributed by atoms with van der Waals surface area (Å²) in [6.07, 6.45) is 19.2. The molecule has 4 aliphatic carbocycles. The van der Waals surface area contributed by atoms with Gasteiger partial charge < -0.3 is 14.5 Å². The molecule has 67 heavy (non-hydrogen) atoms. The van der Waals surface area contributed by atoms with Crippen LogP contribution in [0.1, 0.15) is 176 Å². The van der Waals surface area contributed by atoms with E-state index in [2.05, 4.69) is 210 Å². The molecule has 0 saturated heterocycles. The Hall–Kier alpha value is -4.48. The van der Waals surface area contributed by atoms with Crippen molar-refractivity contribution in [1.82, 2.24) is 0 Å². The zero-order valence-corrected chi connectivity index (χ0v) is 44.2. The Balaban J connectivity index is 1.26. The fraction of sp³-hybridized carbons (Fsp3) is 0.484. The minimum Gasteiger partial charge on any atom is -0.461 e. The molecule has 3 aliphatic heterocycles. The molecular weight excluding hydrogens is 832 g/mol. The van der Waals surface area contributed by atoms with Crippen molar-refractivity contribution in [2.75, 3.05) is 9.80 Å². The van der Waals surface area contributed by atoms with Crippen molar-refractivity contribution in [3.05, 3.63) is 146 Å². The monoisotopic (exact) mass is 907 g/mol. The number of nitrogens with zero attached hydrogens (tertiary/aromatic N) is 2. The van der Waals surface area contributed by atoms with E-state index in [4.69, 9.17) is 4.74 Å². The number of thiophene rings is 1. The Bertz CT molecular complexity index is 2960. The van der Waals surface area contributed by atoms with Gasteiger partial charge in [-0.3, -0.25) is 0 Å². The first-order valence-electron chi connectivity index (χ1n) is 25.8. The van der Waals surface area contributed by atoms with Crippen LogP contribution >= 0.6 is 11.3 Å². The molecule has 0 amide bonds. The highest BCUT2D eigenvalue weighted by Gasteiger charge is 2.53. The summed E-state index contributed by atoms with van der Waals surface area (Å²) in [5.74, 6) is 3.11. The van der Waals surface area contributed by atoms with Gasteiger partial charge >= 0.3 is 0 Å². The molecule has 3 aromatic carbocycles. The normalized spacial score (nSPS) is 26.5. The minimum atomic E-state index is -0.0337. The second-order valence-corrected chi connectivity index (χ2v) is 27.1. The lowest BCUT2D eigenvalue weighted by molar-refractivity contribution is 0.199. The average Bonchev–Trinajstić information content (AvgIpc) is 3.83. The van der Waals surface area contributed by atoms with Crippen LogP contribution in [0.15, 0.2) is 124 Å². The van der Waals surface area contributed by atoms with Gasteiger partial charge in [0, 0.05) is 43.2 Å². The summed E-state index contributed by atoms with van der Waals surface area (Å²) < 4.78 is 9.72. The molecule has 4 aromatic rings. The number of fused-ring (bicyclic) bond motifs is 8. The van der Waals surface area contributed by atoms with Crippen molar-refractivity contribution in [3.8, 4) is 5.75 Å². The number of anilines is 3. The Morgan fingerprint density at radius 1 is 0.866 bits per heavy atom. The topological polar surface area (TPSA) is 15.7 Å². The molecule has 5 heteroatoms. The van der Waals surface area contributed by atoms with Crippen LogP contribution in [0, 0.1) is 22.2 Å². The molecular formula is C62H75BN2OS. The highest BCUT2D eigenvalue weighted by atomic mass is 32.1. The zero-order chi connectivity index (χ0) is 47.5. The summed E-state index contributed by atoms with van der Waals surface area (Å²) in [5, 5.41) is 1.39. The van der Waals surface area contributed by atoms with Crippen LogP contribution in [0.25, 0.3) is 10.1 Å². The van der Waals surface area contributed by atoms with Crippen molar-refractivity contribution in [3.63, 3.8) is 0 Å². The number of ether oxygens (including phenoxy) is 1. The lowest BCUT2D eigenvalue weighted by Crippen LogP contribution is -2.56. The molecule has 7 aliphatic rings. The van der Waals surface area contributed by atoms with E-state index in [-0.39, 0.29) is 45.7 Å². The van der Waals surface area contributed by atoms with E-state index in [0.717, 1.165) is 24.4 Å². The summed E-state index contributed by atoms with van der Waals surface area (Å²) in [5.41, 5.74) is 19.3. The van der Waals surface area contributed by atoms with Gasteiger partial charge in [0.15, 0.2) is 0 Å². The first-order chi connectivity index (χ1) is 31.4. The van der Waals surface area contributed by atoms with Gasteiger partial charge in [-0.1, -0.05) is 145 Å². The quantitative estimate of drug-likeness (QED) is 0.191. The van der Waals surface area contributed by atoms with Crippen molar-refractivity contribution >= 4 is 50.0 Å². The number of hydrogen-bond donors (Lipinski definition) is 0. The first-order valence-corrected chi connectivity index (χ1v) is 26.6. The molecule has 1 aromatic heterocycles. The summed E-state index contributed by atoms with van der Waals surface area (Å²) in [4.78, 5) is 5.61. The van der Waals surface area contributed by atoms with Gasteiger partial charge in [-0.15, -0.1) is 11.3 Å². The predicted molar refractivity (Wildman–Crippen MR) is 289 cm³/mol. The molecule has 0 radical (unpaired) electrons. The Labute approximate surface area is 407 Å². The van der Waals surface area contributed by atoms with Crippen LogP contribution < -0.4 is 19.3 Å². The number of rotatable bonds is 3. The molecule has 0 N–H and O–H groups in total. The van der Waals surface area contributed by atoms with Crippen LogP contribution in [0.2, 0.25) is 0 Å². The fourth-order valence-electron chi connectivity index (χ4n) is 13.3. The molecule has 1 fully saturated rings. The number of hydrogen-bond acceptors (Lipinski definition) is 4. The summed E-state index contributed by atoms with van der Waals surface area (Å²) in [7, 11) is 0. The SMILES string of the molecule is CC1=C(/C=C2\CC(C)(C)CCC2(C)C)B2C3=C(C=C(C(C)(C)C)CC3N(c3cccc4c3C3C(=CC=CC3C)O4)c3c2sc2ccc(C(C)(C)C)cc32)N1c1ccc2c(c1)C(C)CCC2(C)C. The molecule has 4 heterocycles. The van der Waals surface area contributed by atoms with E-state index < -0.39 is 0 Å². The standard InChI is InChI=1S/C62H75BN2OS/c1-36-26-27-62(14,15)45-24-23-42(34-43(36)45)64-38(3)46(31-41-35-60(10,11)28-29-61(41,12)13)63-55-48(64)32-40(59(7,8)9)33-49(55)65(56-44-30-39(58(4,5)6)22-25-52(44)67-57(56)63)47-19-17-21-51-54(47)53-37(2)18-16-20-50(53)66-51/h16-25,30-32,34,36-37,49,53H,26-29,33,35H2,1-15H3/b41-31+. The molecule has 11 rings (SSSR count). The third-order valence-corrected chi connectivity index (χ3v) is 19.0. The van der Waals surface area contributed by atoms with Crippen LogP contribution in [0.4, 0.5) is 17.1 Å². The van der Waals surface area contributed by atoms with Gasteiger partial charge in [-0.05, 0) is 161 Å². The van der Waals surface area contributed by atoms with E-state index in [0.29, 0.717) is 11.8 Å². The van der Waals surface area contributed by atoms with Gasteiger partial charge in [0.25, 0.3) is 6.71 Å². The lowest BCUT2D eigenvalue weighted by Gasteiger charge is -2.51. The Morgan fingerprint density at radius 2 is 1.64 bits per heavy atom. The maximum atomic E-state index is 6.85. The maximum Gasteiger partial charge on any atom is 0.259 e. The van der Waals surface area contributed by atoms with Crippen LogP contribution in [0.5, 0.6) is 5.75 Å². The number of benzene rings is 3. The van der Waals surface area contributed by atoms with Crippen molar-refractivity contribution in [2.45, 2.75) is 171 Å². The molecule has 0 bridgehead atoms. The minimum absolute atomic E-state index is 0.0114. The summed E-state index contributed by atoms with van der Waals surface area (Å²) in [6, 6.07) is 22.0. The lowest BCUT2D eigenvalue weighted by atomic mass is 9.33. The van der Waals surface area contributed by atoms with E-state index in [1.807, 2.05) is 0 Å². The van der Waals surface area contributed by atoms with Gasteiger partial charge in [-0.25, -0.2) is 0 Å². The Kier molecular flexibility index (Phi) is 10.1. The first kappa shape index (κ1) is 45.0. The highest BCUT2D eigenvalue weighted by Crippen LogP contribution is 2.59. The molecule has 0 spiro atoms. The summed E-state index contributed by atoms with van der Waals surface area (Å²) in [6.45, 7) is 36.8.